The SMILES string of the molecule is CC(C)CNCc1nc2cc(Br)ccc2n1C(C)C. The van der Waals surface area contributed by atoms with Crippen LogP contribution in [0.1, 0.15) is 39.6 Å². The van der Waals surface area contributed by atoms with Crippen LogP contribution in [0.3, 0.4) is 0 Å². The number of nitrogens with one attached hydrogen (secondary N) is 1. The third kappa shape index (κ3) is 3.37. The highest BCUT2D eigenvalue weighted by Crippen LogP contribution is 2.24. The molecular formula is C15H22BrN3. The summed E-state index contributed by atoms with van der Waals surface area (Å²) in [6.45, 7) is 10.7. The third-order valence-corrected chi connectivity index (χ3v) is 3.57. The summed E-state index contributed by atoms with van der Waals surface area (Å²) in [5, 5.41) is 3.48. The predicted octanol–water partition coefficient (Wildman–Crippen LogP) is 4.13. The lowest BCUT2D eigenvalue weighted by molar-refractivity contribution is 0.514. The highest BCUT2D eigenvalue weighted by molar-refractivity contribution is 9.10. The highest BCUT2D eigenvalue weighted by Gasteiger charge is 2.13. The van der Waals surface area contributed by atoms with Crippen molar-refractivity contribution in [2.24, 2.45) is 5.92 Å². The van der Waals surface area contributed by atoms with Gasteiger partial charge in [0.1, 0.15) is 5.82 Å². The van der Waals surface area contributed by atoms with Gasteiger partial charge in [0.25, 0.3) is 0 Å². The van der Waals surface area contributed by atoms with Crippen molar-refractivity contribution in [1.82, 2.24) is 14.9 Å². The summed E-state index contributed by atoms with van der Waals surface area (Å²) in [6, 6.07) is 6.72. The van der Waals surface area contributed by atoms with E-state index < -0.39 is 0 Å². The molecular weight excluding hydrogens is 302 g/mol. The number of nitrogens with zero attached hydrogens (tertiary/aromatic N) is 2. The zero-order chi connectivity index (χ0) is 14.0. The second kappa shape index (κ2) is 6.06. The molecule has 0 saturated carbocycles. The average molecular weight is 324 g/mol. The molecule has 1 aromatic heterocycles. The standard InChI is InChI=1S/C15H22BrN3/c1-10(2)8-17-9-15-18-13-7-12(16)5-6-14(13)19(15)11(3)4/h5-7,10-11,17H,8-9H2,1-4H3. The number of fused-ring (bicyclic) bond motifs is 1. The Hall–Kier alpha value is -0.870. The van der Waals surface area contributed by atoms with Crippen LogP contribution in [0, 0.1) is 5.92 Å². The second-order valence-corrected chi connectivity index (χ2v) is 6.57. The Labute approximate surface area is 123 Å². The van der Waals surface area contributed by atoms with Crippen molar-refractivity contribution in [3.05, 3.63) is 28.5 Å². The molecule has 2 rings (SSSR count). The minimum Gasteiger partial charge on any atom is -0.324 e. The molecule has 0 spiro atoms. The fourth-order valence-corrected chi connectivity index (χ4v) is 2.64. The Morgan fingerprint density at radius 3 is 2.63 bits per heavy atom. The van der Waals surface area contributed by atoms with E-state index in [0.717, 1.165) is 28.9 Å². The van der Waals surface area contributed by atoms with Crippen molar-refractivity contribution < 1.29 is 0 Å². The average Bonchev–Trinajstić information content (AvgIpc) is 2.65. The van der Waals surface area contributed by atoms with Gasteiger partial charge in [-0.3, -0.25) is 0 Å². The summed E-state index contributed by atoms with van der Waals surface area (Å²) in [7, 11) is 0. The fourth-order valence-electron chi connectivity index (χ4n) is 2.30. The molecule has 0 bridgehead atoms. The number of aromatic nitrogens is 2. The Bertz CT molecular complexity index is 558. The fraction of sp³-hybridized carbons (Fsp3) is 0.533. The first-order chi connectivity index (χ1) is 8.99. The topological polar surface area (TPSA) is 29.9 Å². The summed E-state index contributed by atoms with van der Waals surface area (Å²) < 4.78 is 3.39. The highest BCUT2D eigenvalue weighted by atomic mass is 79.9. The van der Waals surface area contributed by atoms with E-state index in [1.807, 2.05) is 0 Å². The lowest BCUT2D eigenvalue weighted by Crippen LogP contribution is -2.22. The summed E-state index contributed by atoms with van der Waals surface area (Å²) in [6.07, 6.45) is 0. The van der Waals surface area contributed by atoms with E-state index in [1.54, 1.807) is 0 Å². The van der Waals surface area contributed by atoms with Crippen molar-refractivity contribution >= 4 is 27.0 Å². The summed E-state index contributed by atoms with van der Waals surface area (Å²) in [4.78, 5) is 4.76. The number of hydrogen-bond acceptors (Lipinski definition) is 2. The second-order valence-electron chi connectivity index (χ2n) is 5.65. The molecule has 1 heterocycles. The Morgan fingerprint density at radius 2 is 2.00 bits per heavy atom. The van der Waals surface area contributed by atoms with Crippen LogP contribution in [0.15, 0.2) is 22.7 Å². The normalized spacial score (nSPS) is 11.9. The van der Waals surface area contributed by atoms with E-state index in [0.29, 0.717) is 12.0 Å². The molecule has 0 aliphatic heterocycles. The van der Waals surface area contributed by atoms with Gasteiger partial charge in [-0.1, -0.05) is 29.8 Å². The largest absolute Gasteiger partial charge is 0.324 e. The smallest absolute Gasteiger partial charge is 0.124 e. The Morgan fingerprint density at radius 1 is 1.26 bits per heavy atom. The summed E-state index contributed by atoms with van der Waals surface area (Å²) >= 11 is 3.51. The quantitative estimate of drug-likeness (QED) is 0.896. The maximum atomic E-state index is 4.76. The number of hydrogen-bond donors (Lipinski definition) is 1. The van der Waals surface area contributed by atoms with Gasteiger partial charge in [-0.2, -0.15) is 0 Å². The van der Waals surface area contributed by atoms with Crippen molar-refractivity contribution in [2.45, 2.75) is 40.3 Å². The minimum atomic E-state index is 0.419. The van der Waals surface area contributed by atoms with E-state index in [4.69, 9.17) is 4.98 Å². The maximum Gasteiger partial charge on any atom is 0.124 e. The van der Waals surface area contributed by atoms with E-state index >= 15 is 0 Å². The van der Waals surface area contributed by atoms with Crippen molar-refractivity contribution in [2.75, 3.05) is 6.54 Å². The van der Waals surface area contributed by atoms with Gasteiger partial charge in [-0.05, 0) is 44.5 Å². The molecule has 0 aliphatic carbocycles. The van der Waals surface area contributed by atoms with Crippen LogP contribution in [-0.2, 0) is 6.54 Å². The summed E-state index contributed by atoms with van der Waals surface area (Å²) in [5.74, 6) is 1.77. The molecule has 19 heavy (non-hydrogen) atoms. The van der Waals surface area contributed by atoms with Crippen molar-refractivity contribution in [3.8, 4) is 0 Å². The molecule has 0 amide bonds. The molecule has 1 N–H and O–H groups in total. The predicted molar refractivity (Wildman–Crippen MR) is 84.4 cm³/mol. The molecule has 0 atom stereocenters. The van der Waals surface area contributed by atoms with Gasteiger partial charge in [0.2, 0.25) is 0 Å². The molecule has 0 saturated heterocycles. The Kier molecular flexibility index (Phi) is 4.63. The van der Waals surface area contributed by atoms with Crippen molar-refractivity contribution in [1.29, 1.82) is 0 Å². The van der Waals surface area contributed by atoms with Crippen LogP contribution in [0.25, 0.3) is 11.0 Å². The van der Waals surface area contributed by atoms with Gasteiger partial charge in [-0.15, -0.1) is 0 Å². The van der Waals surface area contributed by atoms with Gasteiger partial charge in [-0.25, -0.2) is 4.98 Å². The van der Waals surface area contributed by atoms with Crippen LogP contribution in [-0.4, -0.2) is 16.1 Å². The first-order valence-electron chi connectivity index (χ1n) is 6.86. The lowest BCUT2D eigenvalue weighted by atomic mass is 10.2. The zero-order valence-electron chi connectivity index (χ0n) is 12.1. The van der Waals surface area contributed by atoms with Gasteiger partial charge in [0.05, 0.1) is 17.6 Å². The summed E-state index contributed by atoms with van der Waals surface area (Å²) in [5.41, 5.74) is 2.27. The van der Waals surface area contributed by atoms with Gasteiger partial charge < -0.3 is 9.88 Å². The number of benzene rings is 1. The van der Waals surface area contributed by atoms with Gasteiger partial charge in [0.15, 0.2) is 0 Å². The number of imidazole rings is 1. The molecule has 0 aliphatic rings. The van der Waals surface area contributed by atoms with Crippen molar-refractivity contribution in [3.63, 3.8) is 0 Å². The zero-order valence-corrected chi connectivity index (χ0v) is 13.7. The number of halogens is 1. The molecule has 0 radical (unpaired) electrons. The van der Waals surface area contributed by atoms with E-state index in [1.165, 1.54) is 5.52 Å². The van der Waals surface area contributed by atoms with Crippen LogP contribution >= 0.6 is 15.9 Å². The lowest BCUT2D eigenvalue weighted by Gasteiger charge is -2.14. The maximum absolute atomic E-state index is 4.76. The van der Waals surface area contributed by atoms with E-state index in [9.17, 15) is 0 Å². The van der Waals surface area contributed by atoms with Crippen LogP contribution in [0.2, 0.25) is 0 Å². The molecule has 0 unspecified atom stereocenters. The molecule has 0 fully saturated rings. The molecule has 3 nitrogen and oxygen atoms in total. The molecule has 2 aromatic rings. The molecule has 4 heteroatoms. The van der Waals surface area contributed by atoms with Crippen LogP contribution in [0.5, 0.6) is 0 Å². The van der Waals surface area contributed by atoms with E-state index in [-0.39, 0.29) is 0 Å². The Balaban J connectivity index is 2.33. The first-order valence-corrected chi connectivity index (χ1v) is 7.65. The van der Waals surface area contributed by atoms with E-state index in [2.05, 4.69) is 71.7 Å². The first kappa shape index (κ1) is 14.5. The molecule has 1 aromatic carbocycles. The number of rotatable bonds is 5. The monoisotopic (exact) mass is 323 g/mol. The minimum absolute atomic E-state index is 0.419. The third-order valence-electron chi connectivity index (χ3n) is 3.08. The van der Waals surface area contributed by atoms with Gasteiger partial charge in [0, 0.05) is 10.5 Å². The van der Waals surface area contributed by atoms with Crippen LogP contribution < -0.4 is 5.32 Å². The molecule has 104 valence electrons. The van der Waals surface area contributed by atoms with Crippen LogP contribution in [0.4, 0.5) is 0 Å². The van der Waals surface area contributed by atoms with Gasteiger partial charge >= 0.3 is 0 Å².